The smallest absolute Gasteiger partial charge is 0.295 e. The van der Waals surface area contributed by atoms with Gasteiger partial charge in [-0.25, -0.2) is 12.8 Å². The average molecular weight is 495 g/mol. The second kappa shape index (κ2) is 9.86. The number of allylic oxidation sites excluding steroid dienone is 4. The van der Waals surface area contributed by atoms with Crippen molar-refractivity contribution in [2.45, 2.75) is 50.6 Å². The maximum Gasteiger partial charge on any atom is 0.416 e. The zero-order valence-electron chi connectivity index (χ0n) is 19.2. The first-order chi connectivity index (χ1) is 15.8. The molecule has 0 radical (unpaired) electrons. The van der Waals surface area contributed by atoms with Gasteiger partial charge in [-0.05, 0) is 73.9 Å². The Morgan fingerprint density at radius 3 is 2.32 bits per heavy atom. The van der Waals surface area contributed by atoms with Crippen LogP contribution >= 0.6 is 0 Å². The van der Waals surface area contributed by atoms with Crippen molar-refractivity contribution < 1.29 is 30.8 Å². The fourth-order valence-corrected chi connectivity index (χ4v) is 4.94. The number of Topliss-reactive ketones (excluding diaryl/α,β-unsaturated/α-hetero) is 1. The van der Waals surface area contributed by atoms with Crippen molar-refractivity contribution in [1.82, 2.24) is 0 Å². The maximum atomic E-state index is 14.6. The summed E-state index contributed by atoms with van der Waals surface area (Å²) in [5, 5.41) is 0. The minimum absolute atomic E-state index is 0.00630. The molecular formula is C26H26F4O3S. The minimum atomic E-state index is -4.45. The number of sulfone groups is 1. The molecule has 0 saturated heterocycles. The van der Waals surface area contributed by atoms with Gasteiger partial charge >= 0.3 is 6.18 Å². The third kappa shape index (κ3) is 6.03. The Hall–Kier alpha value is -2.74. The Morgan fingerprint density at radius 1 is 1.09 bits per heavy atom. The van der Waals surface area contributed by atoms with Gasteiger partial charge in [0.15, 0.2) is 15.6 Å². The fourth-order valence-electron chi connectivity index (χ4n) is 4.31. The van der Waals surface area contributed by atoms with Gasteiger partial charge in [0.25, 0.3) is 0 Å². The molecular weight excluding hydrogens is 468 g/mol. The summed E-state index contributed by atoms with van der Waals surface area (Å²) in [5.41, 5.74) is 2.10. The predicted octanol–water partition coefficient (Wildman–Crippen LogP) is 6.58. The molecule has 0 spiro atoms. The molecule has 0 bridgehead atoms. The Labute approximate surface area is 197 Å². The van der Waals surface area contributed by atoms with Gasteiger partial charge in [-0.3, -0.25) is 4.79 Å². The van der Waals surface area contributed by atoms with Crippen molar-refractivity contribution in [3.8, 4) is 0 Å². The zero-order chi connectivity index (χ0) is 25.3. The molecule has 0 amide bonds. The minimum Gasteiger partial charge on any atom is -0.295 e. The van der Waals surface area contributed by atoms with Crippen molar-refractivity contribution >= 4 is 21.2 Å². The summed E-state index contributed by atoms with van der Waals surface area (Å²) < 4.78 is 77.0. The van der Waals surface area contributed by atoms with E-state index in [1.54, 1.807) is 6.07 Å². The van der Waals surface area contributed by atoms with Crippen molar-refractivity contribution in [2.24, 2.45) is 5.92 Å². The van der Waals surface area contributed by atoms with E-state index in [1.165, 1.54) is 25.1 Å². The average Bonchev–Trinajstić information content (AvgIpc) is 2.76. The summed E-state index contributed by atoms with van der Waals surface area (Å²) in [6, 6.07) is 8.86. The molecule has 0 aromatic heterocycles. The second-order valence-electron chi connectivity index (χ2n) is 8.71. The van der Waals surface area contributed by atoms with Crippen LogP contribution in [0.1, 0.15) is 49.8 Å². The second-order valence-corrected chi connectivity index (χ2v) is 10.7. The molecule has 3 nitrogen and oxygen atoms in total. The molecule has 0 N–H and O–H groups in total. The van der Waals surface area contributed by atoms with Gasteiger partial charge in [0, 0.05) is 18.2 Å². The van der Waals surface area contributed by atoms with Crippen molar-refractivity contribution in [1.29, 1.82) is 0 Å². The third-order valence-corrected chi connectivity index (χ3v) is 7.38. The summed E-state index contributed by atoms with van der Waals surface area (Å²) in [5.74, 6) is -0.784. The molecule has 1 atom stereocenters. The molecule has 2 aromatic carbocycles. The molecule has 1 aliphatic rings. The molecule has 0 fully saturated rings. The first-order valence-corrected chi connectivity index (χ1v) is 12.7. The van der Waals surface area contributed by atoms with E-state index in [1.807, 2.05) is 13.0 Å². The monoisotopic (exact) mass is 494 g/mol. The topological polar surface area (TPSA) is 51.2 Å². The van der Waals surface area contributed by atoms with E-state index in [0.717, 1.165) is 35.6 Å². The van der Waals surface area contributed by atoms with Crippen LogP contribution in [0, 0.1) is 11.7 Å². The lowest BCUT2D eigenvalue weighted by Crippen LogP contribution is -2.14. The lowest BCUT2D eigenvalue weighted by Gasteiger charge is -2.25. The van der Waals surface area contributed by atoms with Crippen LogP contribution in [-0.2, 0) is 27.2 Å². The van der Waals surface area contributed by atoms with E-state index < -0.39 is 27.4 Å². The van der Waals surface area contributed by atoms with Gasteiger partial charge in [0.2, 0.25) is 0 Å². The number of ketones is 1. The highest BCUT2D eigenvalue weighted by atomic mass is 32.2. The zero-order valence-corrected chi connectivity index (χ0v) is 20.0. The van der Waals surface area contributed by atoms with Crippen molar-refractivity contribution in [3.63, 3.8) is 0 Å². The van der Waals surface area contributed by atoms with Gasteiger partial charge < -0.3 is 0 Å². The largest absolute Gasteiger partial charge is 0.416 e. The van der Waals surface area contributed by atoms with Gasteiger partial charge in [0.05, 0.1) is 10.5 Å². The van der Waals surface area contributed by atoms with Gasteiger partial charge in [0.1, 0.15) is 5.82 Å². The van der Waals surface area contributed by atoms with Crippen LogP contribution in [0.15, 0.2) is 64.6 Å². The molecule has 8 heteroatoms. The summed E-state index contributed by atoms with van der Waals surface area (Å²) >= 11 is 0. The van der Waals surface area contributed by atoms with Crippen LogP contribution in [-0.4, -0.2) is 20.5 Å². The third-order valence-electron chi connectivity index (χ3n) is 6.27. The molecule has 0 heterocycles. The Balaban J connectivity index is 1.83. The number of hydrogen-bond donors (Lipinski definition) is 0. The number of rotatable bonds is 6. The number of hydrogen-bond acceptors (Lipinski definition) is 3. The first kappa shape index (κ1) is 25.9. The molecule has 1 unspecified atom stereocenters. The molecule has 34 heavy (non-hydrogen) atoms. The number of alkyl halides is 3. The summed E-state index contributed by atoms with van der Waals surface area (Å²) in [6.07, 6.45) is 0.291. The fraction of sp³-hybridized carbons (Fsp3) is 0.346. The Kier molecular flexibility index (Phi) is 7.50. The first-order valence-electron chi connectivity index (χ1n) is 10.8. The number of carbonyl (C=O) groups excluding carboxylic acids is 1. The molecule has 2 aromatic rings. The SMILES string of the molecule is CC(=O)/C(Cc1cccc(C(F)(F)F)c1)=C(\C)C1CC=C(c2ccc(S(C)(=O)=O)cc2F)CC1. The summed E-state index contributed by atoms with van der Waals surface area (Å²) in [7, 11) is -3.51. The summed E-state index contributed by atoms with van der Waals surface area (Å²) in [4.78, 5) is 12.3. The lowest BCUT2D eigenvalue weighted by atomic mass is 9.80. The quantitative estimate of drug-likeness (QED) is 0.337. The van der Waals surface area contributed by atoms with E-state index in [9.17, 15) is 30.8 Å². The van der Waals surface area contributed by atoms with Crippen LogP contribution < -0.4 is 0 Å². The van der Waals surface area contributed by atoms with E-state index >= 15 is 0 Å². The number of carbonyl (C=O) groups is 1. The Morgan fingerprint density at radius 2 is 1.79 bits per heavy atom. The van der Waals surface area contributed by atoms with Crippen molar-refractivity contribution in [3.05, 3.63) is 82.2 Å². The van der Waals surface area contributed by atoms with Crippen LogP contribution in [0.5, 0.6) is 0 Å². The van der Waals surface area contributed by atoms with Crippen LogP contribution in [0.25, 0.3) is 5.57 Å². The van der Waals surface area contributed by atoms with E-state index in [4.69, 9.17) is 0 Å². The maximum absolute atomic E-state index is 14.6. The van der Waals surface area contributed by atoms with Gasteiger partial charge in [-0.2, -0.15) is 13.2 Å². The standard InChI is InChI=1S/C26H26F4O3S/c1-16(24(17(2)31)14-18-5-4-6-21(13-18)26(28,29)30)19-7-9-20(10-8-19)23-12-11-22(15-25(23)27)34(3,32)33/h4-6,9,11-13,15,19H,7-8,10,14H2,1-3H3/b24-16+. The highest BCUT2D eigenvalue weighted by Gasteiger charge is 2.30. The highest BCUT2D eigenvalue weighted by molar-refractivity contribution is 7.90. The Bertz CT molecular complexity index is 1270. The molecule has 0 saturated carbocycles. The van der Waals surface area contributed by atoms with Crippen LogP contribution in [0.2, 0.25) is 0 Å². The van der Waals surface area contributed by atoms with Gasteiger partial charge in [-0.15, -0.1) is 0 Å². The van der Waals surface area contributed by atoms with E-state index in [0.29, 0.717) is 36.0 Å². The van der Waals surface area contributed by atoms with Crippen molar-refractivity contribution in [2.75, 3.05) is 6.26 Å². The number of halogens is 4. The molecule has 0 aliphatic heterocycles. The van der Waals surface area contributed by atoms with Crippen LogP contribution in [0.4, 0.5) is 17.6 Å². The van der Waals surface area contributed by atoms with Crippen LogP contribution in [0.3, 0.4) is 0 Å². The van der Waals surface area contributed by atoms with E-state index in [2.05, 4.69) is 0 Å². The molecule has 182 valence electrons. The van der Waals surface area contributed by atoms with Gasteiger partial charge in [-0.1, -0.05) is 35.9 Å². The predicted molar refractivity (Wildman–Crippen MR) is 123 cm³/mol. The summed E-state index contributed by atoms with van der Waals surface area (Å²) in [6.45, 7) is 3.24. The highest BCUT2D eigenvalue weighted by Crippen LogP contribution is 2.37. The number of benzene rings is 2. The molecule has 3 rings (SSSR count). The lowest BCUT2D eigenvalue weighted by molar-refractivity contribution is -0.137. The molecule has 1 aliphatic carbocycles. The normalized spacial score (nSPS) is 17.7. The van der Waals surface area contributed by atoms with E-state index in [-0.39, 0.29) is 23.0 Å².